The zero-order chi connectivity index (χ0) is 17.9. The highest BCUT2D eigenvalue weighted by Gasteiger charge is 2.26. The van der Waals surface area contributed by atoms with E-state index in [9.17, 15) is 0 Å². The van der Waals surface area contributed by atoms with E-state index < -0.39 is 0 Å². The van der Waals surface area contributed by atoms with Crippen molar-refractivity contribution in [1.82, 2.24) is 15.3 Å². The standard InChI is InChI=1S/C18H24N6O2/c1-12-15-8-13(25-2)5-6-16(15)22-18(21-12)23-17-19-10-24(11-20-17)9-14-4-3-7-26-14/h5-6,8,14H,3-4,7,9-11H2,1-2H3,(H2,19,20,21,22,23)/p+2/t14-/m0/s1. The third-order valence-electron chi connectivity index (χ3n) is 4.90. The number of nitrogens with one attached hydrogen (secondary N) is 4. The molecule has 0 spiro atoms. The van der Waals surface area contributed by atoms with Crippen molar-refractivity contribution in [3.8, 4) is 5.75 Å². The van der Waals surface area contributed by atoms with E-state index in [0.29, 0.717) is 12.1 Å². The van der Waals surface area contributed by atoms with Crippen LogP contribution in [0, 0.1) is 6.92 Å². The van der Waals surface area contributed by atoms with Gasteiger partial charge >= 0.3 is 5.96 Å². The quantitative estimate of drug-likeness (QED) is 0.526. The first kappa shape index (κ1) is 17.0. The number of aromatic nitrogens is 2. The van der Waals surface area contributed by atoms with E-state index in [1.165, 1.54) is 17.7 Å². The monoisotopic (exact) mass is 358 g/mol. The predicted octanol–water partition coefficient (Wildman–Crippen LogP) is -1.62. The molecule has 2 atom stereocenters. The first-order valence-electron chi connectivity index (χ1n) is 9.10. The maximum atomic E-state index is 5.72. The lowest BCUT2D eigenvalue weighted by molar-refractivity contribution is -0.982. The van der Waals surface area contributed by atoms with Gasteiger partial charge in [0.05, 0.1) is 18.3 Å². The number of quaternary nitrogens is 1. The van der Waals surface area contributed by atoms with Gasteiger partial charge in [0.25, 0.3) is 5.95 Å². The molecule has 2 aliphatic heterocycles. The van der Waals surface area contributed by atoms with Gasteiger partial charge in [-0.3, -0.25) is 4.90 Å². The average molecular weight is 358 g/mol. The topological polar surface area (TPSA) is 86.7 Å². The highest BCUT2D eigenvalue weighted by atomic mass is 16.5. The predicted molar refractivity (Wildman–Crippen MR) is 98.1 cm³/mol. The molecular formula is C18H26N6O2+2. The Morgan fingerprint density at radius 3 is 3.08 bits per heavy atom. The molecule has 0 radical (unpaired) electrons. The van der Waals surface area contributed by atoms with Crippen LogP contribution in [-0.2, 0) is 4.74 Å². The second kappa shape index (κ2) is 7.43. The van der Waals surface area contributed by atoms with Crippen LogP contribution in [0.4, 0.5) is 5.95 Å². The Morgan fingerprint density at radius 1 is 1.42 bits per heavy atom. The Balaban J connectivity index is 1.43. The molecular weight excluding hydrogens is 332 g/mol. The number of hydrogen-bond acceptors (Lipinski definition) is 6. The first-order valence-corrected chi connectivity index (χ1v) is 9.10. The van der Waals surface area contributed by atoms with Gasteiger partial charge < -0.3 is 9.47 Å². The van der Waals surface area contributed by atoms with Crippen molar-refractivity contribution in [2.45, 2.75) is 25.9 Å². The summed E-state index contributed by atoms with van der Waals surface area (Å²) in [5, 5.41) is 7.63. The summed E-state index contributed by atoms with van der Waals surface area (Å²) in [5.74, 6) is 2.23. The maximum absolute atomic E-state index is 5.72. The van der Waals surface area contributed by atoms with Crippen molar-refractivity contribution in [3.63, 3.8) is 0 Å². The number of aryl methyl sites for hydroxylation is 1. The minimum absolute atomic E-state index is 0.395. The summed E-state index contributed by atoms with van der Waals surface area (Å²) in [4.78, 5) is 14.0. The highest BCUT2D eigenvalue weighted by molar-refractivity contribution is 5.89. The molecule has 3 heterocycles. The van der Waals surface area contributed by atoms with Crippen LogP contribution in [0.1, 0.15) is 18.5 Å². The third kappa shape index (κ3) is 3.71. The van der Waals surface area contributed by atoms with Gasteiger partial charge in [-0.2, -0.15) is 4.98 Å². The molecule has 0 amide bonds. The molecule has 138 valence electrons. The normalized spacial score (nSPS) is 22.8. The SMILES string of the molecule is COc1ccc2nc(NC3=[NH+]C[NH+](C[C@@H]4CCCO4)CN3)nc(C)c2c1. The lowest BCUT2D eigenvalue weighted by Gasteiger charge is -2.22. The maximum Gasteiger partial charge on any atom is 0.359 e. The molecule has 26 heavy (non-hydrogen) atoms. The van der Waals surface area contributed by atoms with Gasteiger partial charge in [0.1, 0.15) is 18.4 Å². The van der Waals surface area contributed by atoms with Crippen LogP contribution in [0.2, 0.25) is 0 Å². The lowest BCUT2D eigenvalue weighted by atomic mass is 10.2. The summed E-state index contributed by atoms with van der Waals surface area (Å²) in [5.41, 5.74) is 1.81. The van der Waals surface area contributed by atoms with Crippen LogP contribution < -0.4 is 25.3 Å². The second-order valence-corrected chi connectivity index (χ2v) is 6.81. The molecule has 1 fully saturated rings. The fourth-order valence-electron chi connectivity index (χ4n) is 3.47. The highest BCUT2D eigenvalue weighted by Crippen LogP contribution is 2.22. The molecule has 8 nitrogen and oxygen atoms in total. The van der Waals surface area contributed by atoms with Crippen LogP contribution in [0.3, 0.4) is 0 Å². The molecule has 1 unspecified atom stereocenters. The van der Waals surface area contributed by atoms with E-state index in [4.69, 9.17) is 9.47 Å². The minimum Gasteiger partial charge on any atom is -0.497 e. The van der Waals surface area contributed by atoms with Gasteiger partial charge in [0.2, 0.25) is 0 Å². The summed E-state index contributed by atoms with van der Waals surface area (Å²) in [6.07, 6.45) is 2.75. The van der Waals surface area contributed by atoms with Gasteiger partial charge in [0, 0.05) is 12.0 Å². The van der Waals surface area contributed by atoms with Gasteiger partial charge in [-0.05, 0) is 38.0 Å². The Hall–Kier alpha value is -2.45. The number of methoxy groups -OCH3 is 1. The van der Waals surface area contributed by atoms with Crippen molar-refractivity contribution < 1.29 is 19.4 Å². The van der Waals surface area contributed by atoms with Gasteiger partial charge in [-0.25, -0.2) is 20.6 Å². The molecule has 0 bridgehead atoms. The van der Waals surface area contributed by atoms with Crippen LogP contribution in [0.15, 0.2) is 18.2 Å². The smallest absolute Gasteiger partial charge is 0.359 e. The number of benzene rings is 1. The number of nitrogens with zero attached hydrogens (tertiary/aromatic N) is 2. The Bertz CT molecular complexity index is 819. The van der Waals surface area contributed by atoms with E-state index in [-0.39, 0.29) is 0 Å². The Morgan fingerprint density at radius 2 is 2.35 bits per heavy atom. The van der Waals surface area contributed by atoms with Gasteiger partial charge in [0.15, 0.2) is 13.3 Å². The Kier molecular flexibility index (Phi) is 4.85. The zero-order valence-electron chi connectivity index (χ0n) is 15.3. The number of fused-ring (bicyclic) bond motifs is 1. The van der Waals surface area contributed by atoms with E-state index in [0.717, 1.165) is 54.8 Å². The van der Waals surface area contributed by atoms with Crippen LogP contribution in [0.25, 0.3) is 10.9 Å². The summed E-state index contributed by atoms with van der Waals surface area (Å²) in [7, 11) is 1.66. The first-order chi connectivity index (χ1) is 12.7. The molecule has 0 saturated carbocycles. The number of guanidine groups is 1. The van der Waals surface area contributed by atoms with Crippen LogP contribution in [0.5, 0.6) is 5.75 Å². The van der Waals surface area contributed by atoms with Crippen molar-refractivity contribution in [2.24, 2.45) is 0 Å². The van der Waals surface area contributed by atoms with E-state index in [1.807, 2.05) is 25.1 Å². The lowest BCUT2D eigenvalue weighted by Crippen LogP contribution is -3.24. The molecule has 1 aromatic carbocycles. The molecule has 8 heteroatoms. The molecule has 1 saturated heterocycles. The van der Waals surface area contributed by atoms with Gasteiger partial charge in [-0.1, -0.05) is 0 Å². The molecule has 4 N–H and O–H groups in total. The molecule has 2 aliphatic rings. The number of ether oxygens (including phenoxy) is 2. The molecule has 2 aromatic rings. The van der Waals surface area contributed by atoms with E-state index in [2.05, 4.69) is 25.6 Å². The average Bonchev–Trinajstić information content (AvgIpc) is 3.16. The molecule has 1 aromatic heterocycles. The van der Waals surface area contributed by atoms with Crippen molar-refractivity contribution in [1.29, 1.82) is 0 Å². The van der Waals surface area contributed by atoms with Crippen molar-refractivity contribution in [2.75, 3.05) is 38.9 Å². The summed E-state index contributed by atoms with van der Waals surface area (Å²) in [6, 6.07) is 5.83. The van der Waals surface area contributed by atoms with Crippen molar-refractivity contribution in [3.05, 3.63) is 23.9 Å². The third-order valence-corrected chi connectivity index (χ3v) is 4.90. The second-order valence-electron chi connectivity index (χ2n) is 6.81. The van der Waals surface area contributed by atoms with E-state index >= 15 is 0 Å². The van der Waals surface area contributed by atoms with E-state index in [1.54, 1.807) is 7.11 Å². The van der Waals surface area contributed by atoms with Crippen LogP contribution in [-0.4, -0.2) is 55.6 Å². The summed E-state index contributed by atoms with van der Waals surface area (Å²) in [6.45, 7) is 5.61. The van der Waals surface area contributed by atoms with Gasteiger partial charge in [-0.15, -0.1) is 0 Å². The number of hydrogen-bond donors (Lipinski definition) is 4. The summed E-state index contributed by atoms with van der Waals surface area (Å²) < 4.78 is 11.0. The Labute approximate surface area is 152 Å². The molecule has 4 rings (SSSR count). The fourth-order valence-corrected chi connectivity index (χ4v) is 3.47. The summed E-state index contributed by atoms with van der Waals surface area (Å²) >= 11 is 0. The number of rotatable bonds is 4. The largest absolute Gasteiger partial charge is 0.497 e. The van der Waals surface area contributed by atoms with Crippen LogP contribution >= 0.6 is 0 Å². The molecule has 0 aliphatic carbocycles. The zero-order valence-corrected chi connectivity index (χ0v) is 15.3. The minimum atomic E-state index is 0.395. The van der Waals surface area contributed by atoms with Crippen molar-refractivity contribution >= 4 is 22.8 Å². The number of anilines is 1. The fraction of sp³-hybridized carbons (Fsp3) is 0.500.